The van der Waals surface area contributed by atoms with Crippen LogP contribution in [0.5, 0.6) is 0 Å². The summed E-state index contributed by atoms with van der Waals surface area (Å²) in [5.41, 5.74) is 2.62. The Balaban J connectivity index is 1.49. The fourth-order valence-corrected chi connectivity index (χ4v) is 4.18. The molecular weight excluding hydrogens is 352 g/mol. The standard InChI is InChI=1S/C22H28N4O2/c27-21(23-13-12-17-9-3-1-4-10-17)20-24-19(18-11-5-8-16-26(18)20)22(28)25-14-6-2-7-15-25/h1,3-4,9-10H,2,5-8,11-16H2,(H,23,27). The molecule has 0 atom stereocenters. The predicted molar refractivity (Wildman–Crippen MR) is 107 cm³/mol. The first-order valence-corrected chi connectivity index (χ1v) is 10.4. The highest BCUT2D eigenvalue weighted by atomic mass is 16.2. The van der Waals surface area contributed by atoms with Gasteiger partial charge in [0.15, 0.2) is 5.82 Å². The number of hydrogen-bond acceptors (Lipinski definition) is 3. The SMILES string of the molecule is O=C(NCCc1ccccc1)c1nc(C(=O)N2CCCCC2)c2n1CCCC2. The van der Waals surface area contributed by atoms with Gasteiger partial charge in [0.05, 0.1) is 5.69 Å². The van der Waals surface area contributed by atoms with Gasteiger partial charge in [0.1, 0.15) is 5.69 Å². The molecule has 0 saturated carbocycles. The number of likely N-dealkylation sites (tertiary alicyclic amines) is 1. The molecule has 2 amide bonds. The molecule has 0 aliphatic carbocycles. The number of hydrogen-bond donors (Lipinski definition) is 1. The summed E-state index contributed by atoms with van der Waals surface area (Å²) in [5, 5.41) is 2.98. The molecule has 28 heavy (non-hydrogen) atoms. The van der Waals surface area contributed by atoms with Crippen LogP contribution in [-0.4, -0.2) is 45.9 Å². The van der Waals surface area contributed by atoms with Crippen molar-refractivity contribution in [1.82, 2.24) is 19.8 Å². The first kappa shape index (κ1) is 18.7. The van der Waals surface area contributed by atoms with Crippen LogP contribution in [0.15, 0.2) is 30.3 Å². The van der Waals surface area contributed by atoms with E-state index < -0.39 is 0 Å². The Kier molecular flexibility index (Phi) is 5.74. The molecule has 1 saturated heterocycles. The van der Waals surface area contributed by atoms with Crippen LogP contribution in [0.2, 0.25) is 0 Å². The van der Waals surface area contributed by atoms with Gasteiger partial charge in [0, 0.05) is 26.2 Å². The van der Waals surface area contributed by atoms with E-state index in [1.807, 2.05) is 27.7 Å². The number of piperidine rings is 1. The molecule has 148 valence electrons. The van der Waals surface area contributed by atoms with E-state index in [1.54, 1.807) is 0 Å². The number of aromatic nitrogens is 2. The van der Waals surface area contributed by atoms with Crippen molar-refractivity contribution in [1.29, 1.82) is 0 Å². The van der Waals surface area contributed by atoms with Gasteiger partial charge in [0.2, 0.25) is 0 Å². The molecular formula is C22H28N4O2. The molecule has 1 aromatic heterocycles. The van der Waals surface area contributed by atoms with Gasteiger partial charge in [-0.1, -0.05) is 30.3 Å². The third-order valence-electron chi connectivity index (χ3n) is 5.71. The second kappa shape index (κ2) is 8.59. The largest absolute Gasteiger partial charge is 0.349 e. The first-order chi connectivity index (χ1) is 13.7. The highest BCUT2D eigenvalue weighted by Crippen LogP contribution is 2.23. The maximum absolute atomic E-state index is 13.0. The molecule has 0 spiro atoms. The maximum atomic E-state index is 13.0. The lowest BCUT2D eigenvalue weighted by Gasteiger charge is -2.26. The van der Waals surface area contributed by atoms with Crippen molar-refractivity contribution in [3.05, 3.63) is 53.1 Å². The van der Waals surface area contributed by atoms with Crippen LogP contribution < -0.4 is 5.32 Å². The van der Waals surface area contributed by atoms with E-state index in [0.717, 1.165) is 63.9 Å². The van der Waals surface area contributed by atoms with Crippen molar-refractivity contribution in [2.24, 2.45) is 0 Å². The van der Waals surface area contributed by atoms with E-state index in [2.05, 4.69) is 22.4 Å². The van der Waals surface area contributed by atoms with Crippen LogP contribution in [0.25, 0.3) is 0 Å². The number of benzene rings is 1. The highest BCUT2D eigenvalue weighted by Gasteiger charge is 2.30. The first-order valence-electron chi connectivity index (χ1n) is 10.4. The third kappa shape index (κ3) is 3.96. The molecule has 6 heteroatoms. The van der Waals surface area contributed by atoms with Crippen LogP contribution in [0.1, 0.15) is 64.5 Å². The summed E-state index contributed by atoms with van der Waals surface area (Å²) in [5.74, 6) is 0.202. The smallest absolute Gasteiger partial charge is 0.287 e. The average Bonchev–Trinajstić information content (AvgIpc) is 3.14. The number of nitrogens with one attached hydrogen (secondary N) is 1. The monoisotopic (exact) mass is 380 g/mol. The normalized spacial score (nSPS) is 16.5. The summed E-state index contributed by atoms with van der Waals surface area (Å²) >= 11 is 0. The van der Waals surface area contributed by atoms with E-state index in [4.69, 9.17) is 0 Å². The molecule has 2 aliphatic heterocycles. The Morgan fingerprint density at radius 2 is 1.71 bits per heavy atom. The molecule has 1 fully saturated rings. The second-order valence-electron chi connectivity index (χ2n) is 7.68. The Labute approximate surface area is 165 Å². The molecule has 6 nitrogen and oxygen atoms in total. The zero-order valence-electron chi connectivity index (χ0n) is 16.3. The van der Waals surface area contributed by atoms with E-state index in [-0.39, 0.29) is 11.8 Å². The summed E-state index contributed by atoms with van der Waals surface area (Å²) in [4.78, 5) is 32.3. The van der Waals surface area contributed by atoms with Crippen molar-refractivity contribution in [2.45, 2.75) is 51.5 Å². The molecule has 2 aliphatic rings. The number of carbonyl (C=O) groups is 2. The Bertz CT molecular complexity index is 838. The second-order valence-corrected chi connectivity index (χ2v) is 7.68. The van der Waals surface area contributed by atoms with Crippen molar-refractivity contribution in [3.8, 4) is 0 Å². The van der Waals surface area contributed by atoms with Crippen molar-refractivity contribution in [2.75, 3.05) is 19.6 Å². The summed E-state index contributed by atoms with van der Waals surface area (Å²) < 4.78 is 1.97. The van der Waals surface area contributed by atoms with Crippen LogP contribution in [0.3, 0.4) is 0 Å². The minimum atomic E-state index is -0.184. The number of fused-ring (bicyclic) bond motifs is 1. The van der Waals surface area contributed by atoms with E-state index in [1.165, 1.54) is 12.0 Å². The minimum Gasteiger partial charge on any atom is -0.349 e. The molecule has 1 aromatic carbocycles. The number of carbonyl (C=O) groups excluding carboxylic acids is 2. The number of rotatable bonds is 5. The number of imidazole rings is 1. The minimum absolute atomic E-state index is 0.00585. The topological polar surface area (TPSA) is 67.2 Å². The van der Waals surface area contributed by atoms with Gasteiger partial charge in [-0.2, -0.15) is 0 Å². The van der Waals surface area contributed by atoms with Crippen molar-refractivity contribution in [3.63, 3.8) is 0 Å². The molecule has 4 rings (SSSR count). The van der Waals surface area contributed by atoms with Crippen LogP contribution in [0, 0.1) is 0 Å². The van der Waals surface area contributed by atoms with Crippen LogP contribution in [0.4, 0.5) is 0 Å². The molecule has 0 unspecified atom stereocenters. The van der Waals surface area contributed by atoms with Gasteiger partial charge >= 0.3 is 0 Å². The lowest BCUT2D eigenvalue weighted by Crippen LogP contribution is -2.36. The molecule has 0 bridgehead atoms. The van der Waals surface area contributed by atoms with E-state index >= 15 is 0 Å². The predicted octanol–water partition coefficient (Wildman–Crippen LogP) is 2.82. The molecule has 0 radical (unpaired) electrons. The summed E-state index contributed by atoms with van der Waals surface area (Å²) in [6.07, 6.45) is 6.94. The van der Waals surface area contributed by atoms with Crippen LogP contribution in [-0.2, 0) is 19.4 Å². The van der Waals surface area contributed by atoms with Gasteiger partial charge in [-0.05, 0) is 50.5 Å². The lowest BCUT2D eigenvalue weighted by molar-refractivity contribution is 0.0717. The zero-order chi connectivity index (χ0) is 19.3. The summed E-state index contributed by atoms with van der Waals surface area (Å²) in [6.45, 7) is 2.91. The maximum Gasteiger partial charge on any atom is 0.287 e. The Morgan fingerprint density at radius 3 is 2.50 bits per heavy atom. The number of nitrogens with zero attached hydrogens (tertiary/aromatic N) is 3. The van der Waals surface area contributed by atoms with E-state index in [9.17, 15) is 9.59 Å². The fraction of sp³-hybridized carbons (Fsp3) is 0.500. The van der Waals surface area contributed by atoms with Gasteiger partial charge in [-0.25, -0.2) is 4.98 Å². The zero-order valence-corrected chi connectivity index (χ0v) is 16.3. The van der Waals surface area contributed by atoms with Crippen molar-refractivity contribution >= 4 is 11.8 Å². The fourth-order valence-electron chi connectivity index (χ4n) is 4.18. The number of amides is 2. The van der Waals surface area contributed by atoms with Gasteiger partial charge in [0.25, 0.3) is 11.8 Å². The molecule has 1 N–H and O–H groups in total. The molecule has 2 aromatic rings. The van der Waals surface area contributed by atoms with E-state index in [0.29, 0.717) is 18.1 Å². The summed E-state index contributed by atoms with van der Waals surface area (Å²) in [7, 11) is 0. The summed E-state index contributed by atoms with van der Waals surface area (Å²) in [6, 6.07) is 10.1. The quantitative estimate of drug-likeness (QED) is 0.867. The van der Waals surface area contributed by atoms with Crippen LogP contribution >= 0.6 is 0 Å². The Morgan fingerprint density at radius 1 is 0.964 bits per heavy atom. The molecule has 3 heterocycles. The Hall–Kier alpha value is -2.63. The third-order valence-corrected chi connectivity index (χ3v) is 5.71. The lowest BCUT2D eigenvalue weighted by atomic mass is 10.1. The van der Waals surface area contributed by atoms with Gasteiger partial charge < -0.3 is 14.8 Å². The van der Waals surface area contributed by atoms with Gasteiger partial charge in [-0.3, -0.25) is 9.59 Å². The van der Waals surface area contributed by atoms with Gasteiger partial charge in [-0.15, -0.1) is 0 Å². The highest BCUT2D eigenvalue weighted by molar-refractivity contribution is 5.97. The average molecular weight is 380 g/mol. The van der Waals surface area contributed by atoms with Crippen molar-refractivity contribution < 1.29 is 9.59 Å².